The third kappa shape index (κ3) is 2.24. The van der Waals surface area contributed by atoms with Crippen molar-refractivity contribution in [1.29, 1.82) is 0 Å². The molecule has 1 fully saturated rings. The van der Waals surface area contributed by atoms with E-state index >= 15 is 0 Å². The summed E-state index contributed by atoms with van der Waals surface area (Å²) in [5.41, 5.74) is 1.65. The molecule has 2 rings (SSSR count). The van der Waals surface area contributed by atoms with Crippen LogP contribution in [-0.4, -0.2) is 0 Å². The Balaban J connectivity index is 0.00000144. The second-order valence-electron chi connectivity index (χ2n) is 5.06. The fraction of sp³-hybridized carbons (Fsp3) is 0.571. The highest BCUT2D eigenvalue weighted by Gasteiger charge is 2.23. The zero-order valence-corrected chi connectivity index (χ0v) is 10.6. The van der Waals surface area contributed by atoms with Crippen LogP contribution in [0.1, 0.15) is 51.1 Å². The molecule has 0 atom stereocenters. The molecule has 1 aliphatic carbocycles. The summed E-state index contributed by atoms with van der Waals surface area (Å²) in [6, 6.07) is 3.84. The summed E-state index contributed by atoms with van der Waals surface area (Å²) in [6.45, 7) is 4.12. The Hall–Kier alpha value is -0.560. The van der Waals surface area contributed by atoms with Crippen molar-refractivity contribution in [1.82, 2.24) is 0 Å². The van der Waals surface area contributed by atoms with Gasteiger partial charge in [0.25, 0.3) is 0 Å². The molecule has 0 radical (unpaired) electrons. The van der Waals surface area contributed by atoms with Crippen molar-refractivity contribution in [3.05, 3.63) is 34.1 Å². The molecule has 1 saturated carbocycles. The fourth-order valence-electron chi connectivity index (χ4n) is 2.55. The highest BCUT2D eigenvalue weighted by atomic mass is 35.5. The number of hydrogen-bond acceptors (Lipinski definition) is 0. The van der Waals surface area contributed by atoms with Crippen LogP contribution in [0.25, 0.3) is 0 Å². The highest BCUT2D eigenvalue weighted by Crippen LogP contribution is 2.38. The van der Waals surface area contributed by atoms with E-state index in [2.05, 4.69) is 6.92 Å². The molecule has 1 aromatic rings. The van der Waals surface area contributed by atoms with Crippen LogP contribution in [0, 0.1) is 18.7 Å². The Labute approximate surface area is 103 Å². The molecular formula is C14H20ClF. The summed E-state index contributed by atoms with van der Waals surface area (Å²) in [5.74, 6) is 0.968. The first-order chi connectivity index (χ1) is 7.59. The van der Waals surface area contributed by atoms with Crippen LogP contribution < -0.4 is 0 Å². The molecular weight excluding hydrogens is 223 g/mol. The monoisotopic (exact) mass is 242 g/mol. The molecule has 2 heteroatoms. The second-order valence-corrected chi connectivity index (χ2v) is 5.43. The van der Waals surface area contributed by atoms with Gasteiger partial charge in [-0.15, -0.1) is 0 Å². The lowest BCUT2D eigenvalue weighted by atomic mass is 9.79. The van der Waals surface area contributed by atoms with E-state index in [4.69, 9.17) is 11.6 Å². The molecule has 0 amide bonds. The molecule has 0 saturated heterocycles. The maximum atomic E-state index is 14.0. The van der Waals surface area contributed by atoms with Gasteiger partial charge in [-0.25, -0.2) is 4.39 Å². The van der Waals surface area contributed by atoms with Crippen LogP contribution in [0.2, 0.25) is 5.02 Å². The van der Waals surface area contributed by atoms with Crippen molar-refractivity contribution in [2.75, 3.05) is 0 Å². The minimum absolute atomic E-state index is 0. The van der Waals surface area contributed by atoms with Crippen LogP contribution in [0.5, 0.6) is 0 Å². The number of rotatable bonds is 1. The second kappa shape index (κ2) is 4.75. The van der Waals surface area contributed by atoms with Gasteiger partial charge in [0.2, 0.25) is 0 Å². The first-order valence-corrected chi connectivity index (χ1v) is 6.42. The molecule has 0 heterocycles. The number of benzene rings is 1. The van der Waals surface area contributed by atoms with Gasteiger partial charge in [0.15, 0.2) is 0 Å². The average Bonchev–Trinajstić information content (AvgIpc) is 2.28. The van der Waals surface area contributed by atoms with Crippen molar-refractivity contribution in [3.63, 3.8) is 0 Å². The molecule has 0 spiro atoms. The normalized spacial score (nSPS) is 25.8. The fourth-order valence-corrected chi connectivity index (χ4v) is 2.72. The predicted molar refractivity (Wildman–Crippen MR) is 68.6 cm³/mol. The van der Waals surface area contributed by atoms with Crippen LogP contribution in [-0.2, 0) is 0 Å². The molecule has 1 aromatic carbocycles. The SMILES string of the molecule is Cc1ccc(C2CCC(C)CC2)c(F)c1Cl.[HH]. The van der Waals surface area contributed by atoms with Gasteiger partial charge in [0, 0.05) is 1.43 Å². The maximum absolute atomic E-state index is 14.0. The van der Waals surface area contributed by atoms with E-state index in [1.807, 2.05) is 19.1 Å². The standard InChI is InChI=1S/C14H18ClF.H2/c1-9-3-6-11(7-4-9)12-8-5-10(2)13(15)14(12)16;/h5,8-9,11H,3-4,6-7H2,1-2H3;1H. The van der Waals surface area contributed by atoms with E-state index < -0.39 is 0 Å². The molecule has 16 heavy (non-hydrogen) atoms. The molecule has 0 bridgehead atoms. The van der Waals surface area contributed by atoms with Gasteiger partial charge < -0.3 is 0 Å². The van der Waals surface area contributed by atoms with E-state index in [1.165, 1.54) is 12.8 Å². The van der Waals surface area contributed by atoms with Gasteiger partial charge >= 0.3 is 0 Å². The van der Waals surface area contributed by atoms with Crippen molar-refractivity contribution in [2.24, 2.45) is 5.92 Å². The zero-order valence-electron chi connectivity index (χ0n) is 9.89. The number of aryl methyl sites for hydroxylation is 1. The summed E-state index contributed by atoms with van der Waals surface area (Å²) < 4.78 is 14.0. The molecule has 0 nitrogen and oxygen atoms in total. The summed E-state index contributed by atoms with van der Waals surface area (Å²) in [5, 5.41) is 0.302. The van der Waals surface area contributed by atoms with Crippen molar-refractivity contribution in [3.8, 4) is 0 Å². The lowest BCUT2D eigenvalue weighted by molar-refractivity contribution is 0.342. The van der Waals surface area contributed by atoms with Gasteiger partial charge in [0.1, 0.15) is 5.82 Å². The zero-order chi connectivity index (χ0) is 11.7. The van der Waals surface area contributed by atoms with Gasteiger partial charge in [-0.3, -0.25) is 0 Å². The number of hydrogen-bond donors (Lipinski definition) is 0. The largest absolute Gasteiger partial charge is 0.205 e. The van der Waals surface area contributed by atoms with Crippen LogP contribution >= 0.6 is 11.6 Å². The third-order valence-electron chi connectivity index (χ3n) is 3.76. The van der Waals surface area contributed by atoms with Crippen molar-refractivity contribution < 1.29 is 5.82 Å². The van der Waals surface area contributed by atoms with E-state index in [0.29, 0.717) is 10.9 Å². The van der Waals surface area contributed by atoms with Crippen molar-refractivity contribution >= 4 is 11.6 Å². The Bertz CT molecular complexity index is 384. The van der Waals surface area contributed by atoms with E-state index in [1.54, 1.807) is 0 Å². The minimum atomic E-state index is -0.193. The highest BCUT2D eigenvalue weighted by molar-refractivity contribution is 6.31. The predicted octanol–water partition coefficient (Wildman–Crippen LogP) is 5.33. The molecule has 0 aromatic heterocycles. The quantitative estimate of drug-likeness (QED) is 0.625. The van der Waals surface area contributed by atoms with Gasteiger partial charge in [-0.2, -0.15) is 0 Å². The molecule has 90 valence electrons. The van der Waals surface area contributed by atoms with E-state index in [0.717, 1.165) is 29.9 Å². The Morgan fingerprint density at radius 3 is 2.50 bits per heavy atom. The Kier molecular flexibility index (Phi) is 3.53. The molecule has 1 aliphatic rings. The molecule has 0 unspecified atom stereocenters. The third-order valence-corrected chi connectivity index (χ3v) is 4.22. The summed E-state index contributed by atoms with van der Waals surface area (Å²) in [7, 11) is 0. The van der Waals surface area contributed by atoms with Crippen molar-refractivity contribution in [2.45, 2.75) is 45.4 Å². The first-order valence-electron chi connectivity index (χ1n) is 6.04. The average molecular weight is 243 g/mol. The Morgan fingerprint density at radius 2 is 1.88 bits per heavy atom. The van der Waals surface area contributed by atoms with Crippen LogP contribution in [0.4, 0.5) is 4.39 Å². The smallest absolute Gasteiger partial charge is 0.145 e. The van der Waals surface area contributed by atoms with Crippen LogP contribution in [0.15, 0.2) is 12.1 Å². The van der Waals surface area contributed by atoms with Gasteiger partial charge in [-0.05, 0) is 42.7 Å². The molecule has 0 aliphatic heterocycles. The van der Waals surface area contributed by atoms with Gasteiger partial charge in [-0.1, -0.05) is 43.5 Å². The lowest BCUT2D eigenvalue weighted by Gasteiger charge is -2.27. The topological polar surface area (TPSA) is 0 Å². The lowest BCUT2D eigenvalue weighted by Crippen LogP contribution is -2.12. The minimum Gasteiger partial charge on any atom is -0.205 e. The molecule has 0 N–H and O–H groups in total. The Morgan fingerprint density at radius 1 is 1.25 bits per heavy atom. The maximum Gasteiger partial charge on any atom is 0.145 e. The van der Waals surface area contributed by atoms with E-state index in [9.17, 15) is 4.39 Å². The summed E-state index contributed by atoms with van der Waals surface area (Å²) in [4.78, 5) is 0. The van der Waals surface area contributed by atoms with Crippen LogP contribution in [0.3, 0.4) is 0 Å². The van der Waals surface area contributed by atoms with Gasteiger partial charge in [0.05, 0.1) is 5.02 Å². The van der Waals surface area contributed by atoms with E-state index in [-0.39, 0.29) is 7.24 Å². The summed E-state index contributed by atoms with van der Waals surface area (Å²) >= 11 is 5.96. The summed E-state index contributed by atoms with van der Waals surface area (Å²) in [6.07, 6.45) is 4.60. The first kappa shape index (κ1) is 11.9. The number of halogens is 2.